The minimum Gasteiger partial charge on any atom is -0.486 e. The zero-order valence-electron chi connectivity index (χ0n) is 16.3. The van der Waals surface area contributed by atoms with Gasteiger partial charge in [0.1, 0.15) is 6.61 Å². The molecule has 3 aromatic rings. The normalized spacial score (nSPS) is 15.2. The molecule has 7 nitrogen and oxygen atoms in total. The lowest BCUT2D eigenvalue weighted by molar-refractivity contribution is -0.128. The smallest absolute Gasteiger partial charge is 0.232 e. The number of aromatic amines is 1. The van der Waals surface area contributed by atoms with Gasteiger partial charge in [0.15, 0.2) is 23.4 Å². The number of hydrogen-bond acceptors (Lipinski definition) is 6. The molecule has 1 aliphatic heterocycles. The number of carbonyl (C=O) groups is 1. The fourth-order valence-corrected chi connectivity index (χ4v) is 3.69. The van der Waals surface area contributed by atoms with Gasteiger partial charge < -0.3 is 14.4 Å². The Bertz CT molecular complexity index is 990. The van der Waals surface area contributed by atoms with Crippen LogP contribution in [-0.2, 0) is 4.79 Å². The number of H-pyrrole nitrogens is 1. The molecule has 1 N–H and O–H groups in total. The molecule has 1 amide bonds. The van der Waals surface area contributed by atoms with Crippen LogP contribution in [0.1, 0.15) is 5.56 Å². The van der Waals surface area contributed by atoms with E-state index in [9.17, 15) is 4.79 Å². The van der Waals surface area contributed by atoms with E-state index in [4.69, 9.17) is 9.47 Å². The standard InChI is InChI=1S/C21H22N4O3S/c1-14-7-9-15(10-8-14)20-22-21(24-23-20)29-13-19(26)25(2)11-16-12-27-17-5-3-4-6-18(17)28-16/h3-10,16H,11-13H2,1-2H3,(H,22,23,24)/t16-/m1/s1. The van der Waals surface area contributed by atoms with E-state index in [0.717, 1.165) is 11.3 Å². The largest absolute Gasteiger partial charge is 0.486 e. The predicted octanol–water partition coefficient (Wildman–Crippen LogP) is 3.17. The highest BCUT2D eigenvalue weighted by Gasteiger charge is 2.24. The van der Waals surface area contributed by atoms with Crippen molar-refractivity contribution < 1.29 is 14.3 Å². The maximum Gasteiger partial charge on any atom is 0.232 e. The molecule has 0 spiro atoms. The van der Waals surface area contributed by atoms with Gasteiger partial charge in [0.2, 0.25) is 11.1 Å². The van der Waals surface area contributed by atoms with Gasteiger partial charge in [-0.15, -0.1) is 5.10 Å². The van der Waals surface area contributed by atoms with Crippen LogP contribution >= 0.6 is 11.8 Å². The van der Waals surface area contributed by atoms with Crippen molar-refractivity contribution in [3.8, 4) is 22.9 Å². The Morgan fingerprint density at radius 2 is 1.97 bits per heavy atom. The summed E-state index contributed by atoms with van der Waals surface area (Å²) in [6.07, 6.45) is -0.194. The molecule has 1 atom stereocenters. The Morgan fingerprint density at radius 1 is 1.21 bits per heavy atom. The third-order valence-corrected chi connectivity index (χ3v) is 5.42. The summed E-state index contributed by atoms with van der Waals surface area (Å²) in [6.45, 7) is 2.91. The lowest BCUT2D eigenvalue weighted by Crippen LogP contribution is -2.42. The maximum atomic E-state index is 12.5. The molecule has 2 aromatic carbocycles. The molecule has 0 radical (unpaired) electrons. The van der Waals surface area contributed by atoms with Gasteiger partial charge in [0, 0.05) is 12.6 Å². The monoisotopic (exact) mass is 410 g/mol. The first-order chi connectivity index (χ1) is 14.1. The molecule has 0 aliphatic carbocycles. The van der Waals surface area contributed by atoms with Crippen LogP contribution in [0.3, 0.4) is 0 Å². The molecule has 29 heavy (non-hydrogen) atoms. The van der Waals surface area contributed by atoms with Gasteiger partial charge >= 0.3 is 0 Å². The van der Waals surface area contributed by atoms with Gasteiger partial charge in [0.25, 0.3) is 0 Å². The Hall–Kier alpha value is -3.00. The fourth-order valence-electron chi connectivity index (χ4n) is 2.95. The van der Waals surface area contributed by atoms with Crippen LogP contribution in [0.4, 0.5) is 0 Å². The van der Waals surface area contributed by atoms with E-state index >= 15 is 0 Å². The second kappa shape index (κ2) is 8.57. The number of amides is 1. The Kier molecular flexibility index (Phi) is 5.71. The summed E-state index contributed by atoms with van der Waals surface area (Å²) in [5, 5.41) is 7.67. The first-order valence-corrected chi connectivity index (χ1v) is 10.3. The summed E-state index contributed by atoms with van der Waals surface area (Å²) in [7, 11) is 1.77. The Labute approximate surface area is 173 Å². The van der Waals surface area contributed by atoms with E-state index in [-0.39, 0.29) is 17.8 Å². The van der Waals surface area contributed by atoms with E-state index in [1.807, 2.05) is 55.5 Å². The SMILES string of the molecule is Cc1ccc(-c2nc(SCC(=O)N(C)C[C@@H]3COc4ccccc4O3)n[nH]2)cc1. The van der Waals surface area contributed by atoms with Gasteiger partial charge in [-0.25, -0.2) is 4.98 Å². The second-order valence-electron chi connectivity index (χ2n) is 6.89. The molecule has 0 unspecified atom stereocenters. The number of ether oxygens (including phenoxy) is 2. The summed E-state index contributed by atoms with van der Waals surface area (Å²) in [6, 6.07) is 15.6. The molecule has 0 bridgehead atoms. The van der Waals surface area contributed by atoms with Crippen molar-refractivity contribution in [2.24, 2.45) is 0 Å². The third-order valence-electron chi connectivity index (χ3n) is 4.59. The Balaban J connectivity index is 1.28. The van der Waals surface area contributed by atoms with Gasteiger partial charge in [-0.1, -0.05) is 53.7 Å². The number of hydrogen-bond donors (Lipinski definition) is 1. The van der Waals surface area contributed by atoms with Crippen molar-refractivity contribution >= 4 is 17.7 Å². The predicted molar refractivity (Wildman–Crippen MR) is 111 cm³/mol. The quantitative estimate of drug-likeness (QED) is 0.629. The molecular formula is C21H22N4O3S. The lowest BCUT2D eigenvalue weighted by atomic mass is 10.1. The van der Waals surface area contributed by atoms with Crippen molar-refractivity contribution in [1.82, 2.24) is 20.1 Å². The summed E-state index contributed by atoms with van der Waals surface area (Å²) >= 11 is 1.31. The topological polar surface area (TPSA) is 80.3 Å². The minimum atomic E-state index is -0.194. The molecule has 8 heteroatoms. The summed E-state index contributed by atoms with van der Waals surface area (Å²) in [5.41, 5.74) is 2.15. The van der Waals surface area contributed by atoms with Gasteiger partial charge in [0.05, 0.1) is 12.3 Å². The van der Waals surface area contributed by atoms with Crippen molar-refractivity contribution in [1.29, 1.82) is 0 Å². The average molecular weight is 410 g/mol. The summed E-state index contributed by atoms with van der Waals surface area (Å²) in [4.78, 5) is 18.6. The Morgan fingerprint density at radius 3 is 2.76 bits per heavy atom. The average Bonchev–Trinajstić information content (AvgIpc) is 3.21. The van der Waals surface area contributed by atoms with Gasteiger partial charge in [-0.3, -0.25) is 9.89 Å². The zero-order valence-corrected chi connectivity index (χ0v) is 17.1. The van der Waals surface area contributed by atoms with E-state index < -0.39 is 0 Å². The lowest BCUT2D eigenvalue weighted by Gasteiger charge is -2.29. The molecule has 1 aromatic heterocycles. The highest BCUT2D eigenvalue weighted by atomic mass is 32.2. The minimum absolute atomic E-state index is 0.0147. The molecule has 0 fully saturated rings. The van der Waals surface area contributed by atoms with Crippen LogP contribution in [0.5, 0.6) is 11.5 Å². The first kappa shape index (κ1) is 19.3. The molecule has 150 valence electrons. The summed E-state index contributed by atoms with van der Waals surface area (Å²) < 4.78 is 11.6. The van der Waals surface area contributed by atoms with Gasteiger partial charge in [-0.05, 0) is 19.1 Å². The fraction of sp³-hybridized carbons (Fsp3) is 0.286. The number of aromatic nitrogens is 3. The van der Waals surface area contributed by atoms with Crippen molar-refractivity contribution in [3.05, 3.63) is 54.1 Å². The number of carbonyl (C=O) groups excluding carboxylic acids is 1. The molecule has 2 heterocycles. The number of fused-ring (bicyclic) bond motifs is 1. The van der Waals surface area contributed by atoms with E-state index in [2.05, 4.69) is 15.2 Å². The van der Waals surface area contributed by atoms with Crippen molar-refractivity contribution in [2.45, 2.75) is 18.2 Å². The molecule has 0 saturated carbocycles. The van der Waals surface area contributed by atoms with E-state index in [0.29, 0.717) is 29.9 Å². The van der Waals surface area contributed by atoms with Crippen LogP contribution < -0.4 is 9.47 Å². The number of thioether (sulfide) groups is 1. The highest BCUT2D eigenvalue weighted by molar-refractivity contribution is 7.99. The van der Waals surface area contributed by atoms with Crippen LogP contribution in [0, 0.1) is 6.92 Å². The van der Waals surface area contributed by atoms with Crippen LogP contribution in [0.2, 0.25) is 0 Å². The number of nitrogens with zero attached hydrogens (tertiary/aromatic N) is 3. The maximum absolute atomic E-state index is 12.5. The van der Waals surface area contributed by atoms with Crippen molar-refractivity contribution in [3.63, 3.8) is 0 Å². The molecular weight excluding hydrogens is 388 g/mol. The number of rotatable bonds is 6. The van der Waals surface area contributed by atoms with Crippen molar-refractivity contribution in [2.75, 3.05) is 26.0 Å². The summed E-state index contributed by atoms with van der Waals surface area (Å²) in [5.74, 6) is 2.38. The number of likely N-dealkylation sites (N-methyl/N-ethyl adjacent to an activating group) is 1. The van der Waals surface area contributed by atoms with E-state index in [1.165, 1.54) is 17.3 Å². The number of aryl methyl sites for hydroxylation is 1. The van der Waals surface area contributed by atoms with Crippen LogP contribution in [0.25, 0.3) is 11.4 Å². The third kappa shape index (κ3) is 4.71. The van der Waals surface area contributed by atoms with Gasteiger partial charge in [-0.2, -0.15) is 0 Å². The molecule has 0 saturated heterocycles. The van der Waals surface area contributed by atoms with Crippen LogP contribution in [0.15, 0.2) is 53.7 Å². The number of benzene rings is 2. The van der Waals surface area contributed by atoms with Crippen LogP contribution in [-0.4, -0.2) is 58.0 Å². The van der Waals surface area contributed by atoms with E-state index in [1.54, 1.807) is 11.9 Å². The molecule has 1 aliphatic rings. The molecule has 4 rings (SSSR count). The second-order valence-corrected chi connectivity index (χ2v) is 7.84. The first-order valence-electron chi connectivity index (χ1n) is 9.33. The zero-order chi connectivity index (χ0) is 20.2. The highest BCUT2D eigenvalue weighted by Crippen LogP contribution is 2.31. The number of para-hydroxylation sites is 2. The number of nitrogens with one attached hydrogen (secondary N) is 1.